The van der Waals surface area contributed by atoms with Gasteiger partial charge in [0.25, 0.3) is 5.91 Å². The Morgan fingerprint density at radius 2 is 1.76 bits per heavy atom. The maximum atomic E-state index is 13.5. The van der Waals surface area contributed by atoms with Crippen molar-refractivity contribution in [3.05, 3.63) is 42.1 Å². The first-order valence-electron chi connectivity index (χ1n) is 14.3. The normalized spacial score (nSPS) is 18.2. The zero-order valence-corrected chi connectivity index (χ0v) is 24.0. The number of amides is 3. The molecule has 2 aliphatic heterocycles. The number of hydrogen-bond acceptors (Lipinski definition) is 9. The van der Waals surface area contributed by atoms with E-state index in [1.54, 1.807) is 6.92 Å². The molecule has 226 valence electrons. The number of aliphatic carboxylic acids is 1. The SMILES string of the molecule is CCOC(=O)N1CCN(C(=O)C(CCC(=O)O)NC(=O)c2cc(OC3CCCN(C)C3)nc(-c3ccccc3)n2)CC1. The Hall–Kier alpha value is -4.26. The number of likely N-dealkylation sites (N-methyl/N-ethyl adjacent to an activating group) is 1. The highest BCUT2D eigenvalue weighted by molar-refractivity contribution is 5.96. The number of rotatable bonds is 10. The van der Waals surface area contributed by atoms with Gasteiger partial charge in [-0.1, -0.05) is 30.3 Å². The second kappa shape index (κ2) is 14.6. The van der Waals surface area contributed by atoms with Crippen molar-refractivity contribution in [2.24, 2.45) is 0 Å². The molecule has 42 heavy (non-hydrogen) atoms. The lowest BCUT2D eigenvalue weighted by Crippen LogP contribution is -2.56. The van der Waals surface area contributed by atoms with Crippen LogP contribution in [0.5, 0.6) is 5.88 Å². The molecule has 3 amide bonds. The molecule has 0 aliphatic carbocycles. The van der Waals surface area contributed by atoms with Crippen molar-refractivity contribution in [2.75, 3.05) is 52.9 Å². The predicted octanol–water partition coefficient (Wildman–Crippen LogP) is 1.88. The number of piperazine rings is 1. The zero-order chi connectivity index (χ0) is 30.1. The van der Waals surface area contributed by atoms with Gasteiger partial charge in [-0.15, -0.1) is 0 Å². The molecule has 2 saturated heterocycles. The largest absolute Gasteiger partial charge is 0.481 e. The molecular formula is C29H38N6O7. The number of nitrogens with zero attached hydrogens (tertiary/aromatic N) is 5. The molecule has 1 aromatic heterocycles. The van der Waals surface area contributed by atoms with Crippen LogP contribution in [0.25, 0.3) is 11.4 Å². The van der Waals surface area contributed by atoms with Crippen molar-refractivity contribution in [1.29, 1.82) is 0 Å². The molecular weight excluding hydrogens is 544 g/mol. The lowest BCUT2D eigenvalue weighted by Gasteiger charge is -2.35. The minimum Gasteiger partial charge on any atom is -0.481 e. The number of hydrogen-bond donors (Lipinski definition) is 2. The van der Waals surface area contributed by atoms with Crippen molar-refractivity contribution >= 4 is 23.9 Å². The van der Waals surface area contributed by atoms with Gasteiger partial charge >= 0.3 is 12.1 Å². The Bertz CT molecular complexity index is 1250. The van der Waals surface area contributed by atoms with Crippen LogP contribution < -0.4 is 10.1 Å². The smallest absolute Gasteiger partial charge is 0.409 e. The molecule has 13 nitrogen and oxygen atoms in total. The molecule has 0 radical (unpaired) electrons. The fraction of sp³-hybridized carbons (Fsp3) is 0.517. The number of carbonyl (C=O) groups excluding carboxylic acids is 3. The van der Waals surface area contributed by atoms with Crippen LogP contribution in [0.2, 0.25) is 0 Å². The Morgan fingerprint density at radius 3 is 2.43 bits per heavy atom. The second-order valence-corrected chi connectivity index (χ2v) is 10.4. The van der Waals surface area contributed by atoms with Crippen LogP contribution in [-0.2, 0) is 14.3 Å². The predicted molar refractivity (Wildman–Crippen MR) is 152 cm³/mol. The number of carboxylic acid groups (broad SMARTS) is 1. The molecule has 0 bridgehead atoms. The van der Waals surface area contributed by atoms with Crippen molar-refractivity contribution in [2.45, 2.75) is 44.8 Å². The molecule has 1 aromatic carbocycles. The molecule has 2 atom stereocenters. The number of nitrogens with one attached hydrogen (secondary N) is 1. The Morgan fingerprint density at radius 1 is 1.05 bits per heavy atom. The van der Waals surface area contributed by atoms with Gasteiger partial charge in [-0.05, 0) is 39.8 Å². The van der Waals surface area contributed by atoms with E-state index in [0.29, 0.717) is 11.4 Å². The molecule has 0 spiro atoms. The van der Waals surface area contributed by atoms with Crippen LogP contribution in [0.15, 0.2) is 36.4 Å². The summed E-state index contributed by atoms with van der Waals surface area (Å²) in [4.78, 5) is 64.6. The van der Waals surface area contributed by atoms with Crippen LogP contribution in [0.3, 0.4) is 0 Å². The zero-order valence-electron chi connectivity index (χ0n) is 24.0. The first-order chi connectivity index (χ1) is 20.2. The number of likely N-dealkylation sites (tertiary alicyclic amines) is 1. The molecule has 2 aliphatic rings. The van der Waals surface area contributed by atoms with Gasteiger partial charge in [0.15, 0.2) is 5.82 Å². The number of ether oxygens (including phenoxy) is 2. The van der Waals surface area contributed by atoms with Crippen LogP contribution in [-0.4, -0.2) is 119 Å². The number of benzene rings is 1. The Balaban J connectivity index is 1.53. The topological polar surface area (TPSA) is 154 Å². The molecule has 0 saturated carbocycles. The lowest BCUT2D eigenvalue weighted by molar-refractivity contribution is -0.138. The van der Waals surface area contributed by atoms with Gasteiger partial charge in [0.05, 0.1) is 6.61 Å². The summed E-state index contributed by atoms with van der Waals surface area (Å²) in [6.45, 7) is 4.68. The van der Waals surface area contributed by atoms with Gasteiger partial charge in [0.1, 0.15) is 17.8 Å². The number of aromatic nitrogens is 2. The molecule has 4 rings (SSSR count). The molecule has 2 N–H and O–H groups in total. The van der Waals surface area contributed by atoms with E-state index in [0.717, 1.165) is 25.9 Å². The van der Waals surface area contributed by atoms with Gasteiger partial charge in [0, 0.05) is 50.8 Å². The first-order valence-corrected chi connectivity index (χ1v) is 14.3. The fourth-order valence-corrected chi connectivity index (χ4v) is 5.01. The van der Waals surface area contributed by atoms with E-state index in [1.807, 2.05) is 37.4 Å². The molecule has 13 heteroatoms. The number of piperidine rings is 1. The summed E-state index contributed by atoms with van der Waals surface area (Å²) in [5.74, 6) is -1.61. The summed E-state index contributed by atoms with van der Waals surface area (Å²) in [5, 5.41) is 12.0. The fourth-order valence-electron chi connectivity index (χ4n) is 5.01. The van der Waals surface area contributed by atoms with E-state index in [4.69, 9.17) is 9.47 Å². The second-order valence-electron chi connectivity index (χ2n) is 10.4. The average molecular weight is 583 g/mol. The highest BCUT2D eigenvalue weighted by atomic mass is 16.6. The first kappa shape index (κ1) is 30.7. The van der Waals surface area contributed by atoms with Gasteiger partial charge in [-0.3, -0.25) is 14.4 Å². The number of carbonyl (C=O) groups is 4. The minimum absolute atomic E-state index is 0.00303. The summed E-state index contributed by atoms with van der Waals surface area (Å²) in [7, 11) is 2.02. The summed E-state index contributed by atoms with van der Waals surface area (Å²) in [6.07, 6.45) is 0.861. The molecule has 2 unspecified atom stereocenters. The van der Waals surface area contributed by atoms with Crippen molar-refractivity contribution < 1.29 is 33.8 Å². The molecule has 2 aromatic rings. The summed E-state index contributed by atoms with van der Waals surface area (Å²) in [5.41, 5.74) is 0.694. The Labute approximate surface area is 244 Å². The van der Waals surface area contributed by atoms with Gasteiger partial charge in [-0.2, -0.15) is 4.98 Å². The standard InChI is InChI=1S/C29H38N6O7/c1-3-41-29(40)35-16-14-34(15-17-35)28(39)22(11-12-25(36)37)31-27(38)23-18-24(42-21-10-7-13-33(2)19-21)32-26(30-23)20-8-5-4-6-9-20/h4-6,8-9,18,21-22H,3,7,10-17,19H2,1-2H3,(H,31,38)(H,36,37). The summed E-state index contributed by atoms with van der Waals surface area (Å²) < 4.78 is 11.2. The van der Waals surface area contributed by atoms with Crippen molar-refractivity contribution in [1.82, 2.24) is 30.0 Å². The van der Waals surface area contributed by atoms with E-state index < -0.39 is 29.9 Å². The van der Waals surface area contributed by atoms with E-state index in [9.17, 15) is 24.3 Å². The summed E-state index contributed by atoms with van der Waals surface area (Å²) in [6, 6.07) is 9.53. The Kier molecular flexibility index (Phi) is 10.7. The third kappa shape index (κ3) is 8.38. The maximum absolute atomic E-state index is 13.5. The van der Waals surface area contributed by atoms with E-state index in [-0.39, 0.29) is 63.3 Å². The third-order valence-corrected chi connectivity index (χ3v) is 7.20. The highest BCUT2D eigenvalue weighted by Crippen LogP contribution is 2.22. The van der Waals surface area contributed by atoms with E-state index in [1.165, 1.54) is 15.9 Å². The van der Waals surface area contributed by atoms with Crippen molar-refractivity contribution in [3.63, 3.8) is 0 Å². The van der Waals surface area contributed by atoms with Gasteiger partial charge < -0.3 is 34.6 Å². The van der Waals surface area contributed by atoms with Crippen LogP contribution in [0.4, 0.5) is 4.79 Å². The van der Waals surface area contributed by atoms with Crippen LogP contribution in [0.1, 0.15) is 43.1 Å². The molecule has 3 heterocycles. The van der Waals surface area contributed by atoms with Crippen LogP contribution in [0, 0.1) is 0 Å². The maximum Gasteiger partial charge on any atom is 0.409 e. The van der Waals surface area contributed by atoms with E-state index >= 15 is 0 Å². The highest BCUT2D eigenvalue weighted by Gasteiger charge is 2.31. The van der Waals surface area contributed by atoms with Gasteiger partial charge in [-0.25, -0.2) is 9.78 Å². The third-order valence-electron chi connectivity index (χ3n) is 7.20. The number of carboxylic acids is 1. The van der Waals surface area contributed by atoms with Crippen molar-refractivity contribution in [3.8, 4) is 17.3 Å². The quantitative estimate of drug-likeness (QED) is 0.424. The van der Waals surface area contributed by atoms with Crippen LogP contribution >= 0.6 is 0 Å². The minimum atomic E-state index is -1.10. The van der Waals surface area contributed by atoms with Gasteiger partial charge in [0.2, 0.25) is 11.8 Å². The summed E-state index contributed by atoms with van der Waals surface area (Å²) >= 11 is 0. The monoisotopic (exact) mass is 582 g/mol. The molecule has 2 fully saturated rings. The average Bonchev–Trinajstić information content (AvgIpc) is 2.99. The van der Waals surface area contributed by atoms with E-state index in [2.05, 4.69) is 20.2 Å². The lowest BCUT2D eigenvalue weighted by atomic mass is 10.1.